The van der Waals surface area contributed by atoms with Gasteiger partial charge >= 0.3 is 0 Å². The van der Waals surface area contributed by atoms with E-state index in [1.807, 2.05) is 31.6 Å². The number of nitrogens with zero attached hydrogens (tertiary/aromatic N) is 3. The van der Waals surface area contributed by atoms with E-state index in [4.69, 9.17) is 17.3 Å². The zero-order valence-corrected chi connectivity index (χ0v) is 10.9. The molecule has 90 valence electrons. The molecule has 2 rings (SSSR count). The van der Waals surface area contributed by atoms with E-state index < -0.39 is 0 Å². The van der Waals surface area contributed by atoms with Gasteiger partial charge in [0.1, 0.15) is 5.03 Å². The minimum atomic E-state index is 0.121. The van der Waals surface area contributed by atoms with Crippen LogP contribution in [0.4, 0.5) is 0 Å². The Labute approximate surface area is 109 Å². The van der Waals surface area contributed by atoms with Crippen molar-refractivity contribution in [2.45, 2.75) is 10.3 Å². The lowest BCUT2D eigenvalue weighted by atomic mass is 10.2. The van der Waals surface area contributed by atoms with E-state index in [0.29, 0.717) is 11.6 Å². The summed E-state index contributed by atoms with van der Waals surface area (Å²) >= 11 is 7.63. The summed E-state index contributed by atoms with van der Waals surface area (Å²) in [6, 6.07) is 3.64. The van der Waals surface area contributed by atoms with Gasteiger partial charge in [-0.15, -0.1) is 0 Å². The Bertz CT molecular complexity index is 500. The highest BCUT2D eigenvalue weighted by molar-refractivity contribution is 7.99. The van der Waals surface area contributed by atoms with Gasteiger partial charge in [0, 0.05) is 31.5 Å². The Balaban J connectivity index is 2.18. The average molecular weight is 269 g/mol. The molecule has 0 amide bonds. The molecule has 0 radical (unpaired) electrons. The van der Waals surface area contributed by atoms with Crippen molar-refractivity contribution in [1.82, 2.24) is 14.8 Å². The first kappa shape index (κ1) is 12.4. The second kappa shape index (κ2) is 5.53. The molecule has 0 aliphatic carbocycles. The Kier molecular flexibility index (Phi) is 4.04. The van der Waals surface area contributed by atoms with E-state index >= 15 is 0 Å². The van der Waals surface area contributed by atoms with Crippen molar-refractivity contribution in [2.24, 2.45) is 12.8 Å². The number of aromatic nitrogens is 3. The molecule has 2 N–H and O–H groups in total. The molecular formula is C11H13ClN4S. The number of hydrogen-bond acceptors (Lipinski definition) is 4. The summed E-state index contributed by atoms with van der Waals surface area (Å²) in [6.45, 7) is 0.517. The third kappa shape index (κ3) is 3.00. The van der Waals surface area contributed by atoms with Crippen LogP contribution in [0.5, 0.6) is 0 Å². The molecule has 2 aromatic heterocycles. The number of nitrogens with two attached hydrogens (primary N) is 1. The fourth-order valence-electron chi connectivity index (χ4n) is 1.45. The van der Waals surface area contributed by atoms with Crippen molar-refractivity contribution in [2.75, 3.05) is 6.54 Å². The first-order valence-corrected chi connectivity index (χ1v) is 6.42. The zero-order chi connectivity index (χ0) is 12.3. The highest BCUT2D eigenvalue weighted by Crippen LogP contribution is 2.36. The quantitative estimate of drug-likeness (QED) is 0.865. The van der Waals surface area contributed by atoms with E-state index in [1.54, 1.807) is 22.6 Å². The Morgan fingerprint density at radius 1 is 1.59 bits per heavy atom. The molecule has 0 spiro atoms. The predicted molar refractivity (Wildman–Crippen MR) is 70.1 cm³/mol. The molecule has 0 aliphatic rings. The molecule has 0 saturated heterocycles. The molecule has 6 heteroatoms. The number of aryl methyl sites for hydroxylation is 1. The maximum absolute atomic E-state index is 6.07. The summed E-state index contributed by atoms with van der Waals surface area (Å²) in [4.78, 5) is 4.25. The van der Waals surface area contributed by atoms with E-state index in [2.05, 4.69) is 10.1 Å². The van der Waals surface area contributed by atoms with Crippen LogP contribution >= 0.6 is 23.4 Å². The standard InChI is InChI=1S/C11H13ClN4S/c1-16-7-8(6-15-16)10(5-13)17-11-9(12)3-2-4-14-11/h2-4,6-7,10H,5,13H2,1H3. The van der Waals surface area contributed by atoms with Gasteiger partial charge in [-0.1, -0.05) is 23.4 Å². The fourth-order valence-corrected chi connectivity index (χ4v) is 2.63. The minimum Gasteiger partial charge on any atom is -0.329 e. The lowest BCUT2D eigenvalue weighted by Crippen LogP contribution is -2.09. The van der Waals surface area contributed by atoms with Crippen LogP contribution < -0.4 is 5.73 Å². The zero-order valence-electron chi connectivity index (χ0n) is 9.38. The first-order chi connectivity index (χ1) is 8.20. The second-order valence-electron chi connectivity index (χ2n) is 3.58. The molecule has 0 fully saturated rings. The average Bonchev–Trinajstić information content (AvgIpc) is 2.75. The van der Waals surface area contributed by atoms with Gasteiger partial charge in [-0.05, 0) is 12.1 Å². The summed E-state index contributed by atoms with van der Waals surface area (Å²) in [5.74, 6) is 0. The van der Waals surface area contributed by atoms with Crippen molar-refractivity contribution in [3.63, 3.8) is 0 Å². The SMILES string of the molecule is Cn1cc(C(CN)Sc2ncccc2Cl)cn1. The summed E-state index contributed by atoms with van der Waals surface area (Å²) in [7, 11) is 1.88. The molecule has 0 aromatic carbocycles. The maximum Gasteiger partial charge on any atom is 0.115 e. The fraction of sp³-hybridized carbons (Fsp3) is 0.273. The monoisotopic (exact) mass is 268 g/mol. The Morgan fingerprint density at radius 3 is 3.00 bits per heavy atom. The summed E-state index contributed by atoms with van der Waals surface area (Å²) in [5, 5.41) is 5.72. The van der Waals surface area contributed by atoms with Crippen LogP contribution in [0.1, 0.15) is 10.8 Å². The third-order valence-electron chi connectivity index (χ3n) is 2.29. The largest absolute Gasteiger partial charge is 0.329 e. The smallest absolute Gasteiger partial charge is 0.115 e. The molecule has 1 atom stereocenters. The van der Waals surface area contributed by atoms with Crippen molar-refractivity contribution in [1.29, 1.82) is 0 Å². The van der Waals surface area contributed by atoms with Crippen molar-refractivity contribution in [3.05, 3.63) is 41.3 Å². The van der Waals surface area contributed by atoms with E-state index in [-0.39, 0.29) is 5.25 Å². The van der Waals surface area contributed by atoms with Crippen LogP contribution in [0.3, 0.4) is 0 Å². The van der Waals surface area contributed by atoms with E-state index in [0.717, 1.165) is 10.6 Å². The molecule has 2 aromatic rings. The summed E-state index contributed by atoms with van der Waals surface area (Å²) in [6.07, 6.45) is 5.51. The Hall–Kier alpha value is -1.04. The minimum absolute atomic E-state index is 0.121. The van der Waals surface area contributed by atoms with Gasteiger partial charge < -0.3 is 5.73 Å². The summed E-state index contributed by atoms with van der Waals surface area (Å²) in [5.41, 5.74) is 6.87. The van der Waals surface area contributed by atoms with Crippen LogP contribution in [0, 0.1) is 0 Å². The van der Waals surface area contributed by atoms with Crippen molar-refractivity contribution in [3.8, 4) is 0 Å². The van der Waals surface area contributed by atoms with Crippen LogP contribution in [-0.4, -0.2) is 21.3 Å². The summed E-state index contributed by atoms with van der Waals surface area (Å²) < 4.78 is 1.76. The highest BCUT2D eigenvalue weighted by atomic mass is 35.5. The number of pyridine rings is 1. The second-order valence-corrected chi connectivity index (χ2v) is 5.18. The first-order valence-electron chi connectivity index (χ1n) is 5.16. The molecule has 0 bridgehead atoms. The van der Waals surface area contributed by atoms with Gasteiger partial charge in [0.2, 0.25) is 0 Å². The van der Waals surface area contributed by atoms with Crippen LogP contribution in [-0.2, 0) is 7.05 Å². The van der Waals surface area contributed by atoms with Crippen LogP contribution in [0.15, 0.2) is 35.7 Å². The molecule has 2 heterocycles. The lowest BCUT2D eigenvalue weighted by molar-refractivity contribution is 0.766. The number of halogens is 1. The Morgan fingerprint density at radius 2 is 2.41 bits per heavy atom. The molecule has 1 unspecified atom stereocenters. The van der Waals surface area contributed by atoms with E-state index in [9.17, 15) is 0 Å². The molecule has 0 saturated carbocycles. The molecule has 4 nitrogen and oxygen atoms in total. The predicted octanol–water partition coefficient (Wildman–Crippen LogP) is 2.26. The van der Waals surface area contributed by atoms with Crippen LogP contribution in [0.2, 0.25) is 5.02 Å². The topological polar surface area (TPSA) is 56.7 Å². The third-order valence-corrected chi connectivity index (χ3v) is 4.00. The van der Waals surface area contributed by atoms with Gasteiger partial charge in [-0.2, -0.15) is 5.10 Å². The maximum atomic E-state index is 6.07. The van der Waals surface area contributed by atoms with Crippen molar-refractivity contribution >= 4 is 23.4 Å². The van der Waals surface area contributed by atoms with Gasteiger partial charge in [-0.3, -0.25) is 4.68 Å². The lowest BCUT2D eigenvalue weighted by Gasteiger charge is -2.12. The van der Waals surface area contributed by atoms with Crippen molar-refractivity contribution < 1.29 is 0 Å². The van der Waals surface area contributed by atoms with Gasteiger partial charge in [0.25, 0.3) is 0 Å². The number of hydrogen-bond donors (Lipinski definition) is 1. The van der Waals surface area contributed by atoms with Gasteiger partial charge in [0.15, 0.2) is 0 Å². The van der Waals surface area contributed by atoms with Gasteiger partial charge in [0.05, 0.1) is 16.5 Å². The number of rotatable bonds is 4. The van der Waals surface area contributed by atoms with Gasteiger partial charge in [-0.25, -0.2) is 4.98 Å². The normalized spacial score (nSPS) is 12.6. The highest BCUT2D eigenvalue weighted by Gasteiger charge is 2.15. The molecule has 0 aliphatic heterocycles. The van der Waals surface area contributed by atoms with Crippen LogP contribution in [0.25, 0.3) is 0 Å². The molecule has 17 heavy (non-hydrogen) atoms. The number of thioether (sulfide) groups is 1. The van der Waals surface area contributed by atoms with E-state index in [1.165, 1.54) is 0 Å². The molecular weight excluding hydrogens is 256 g/mol.